The van der Waals surface area contributed by atoms with Crippen molar-refractivity contribution in [3.05, 3.63) is 93.8 Å². The van der Waals surface area contributed by atoms with Crippen LogP contribution in [0, 0.1) is 22.9 Å². The molecular weight excluding hydrogens is 485 g/mol. The first-order valence-electron chi connectivity index (χ1n) is 10.8. The summed E-state index contributed by atoms with van der Waals surface area (Å²) < 4.78 is 21.4. The number of hydrogen-bond donors (Lipinski definition) is 1. The van der Waals surface area contributed by atoms with Crippen molar-refractivity contribution in [3.63, 3.8) is 0 Å². The molecule has 0 unspecified atom stereocenters. The number of carbonyl (C=O) groups excluding carboxylic acids is 1. The molecule has 0 saturated heterocycles. The highest BCUT2D eigenvalue weighted by Crippen LogP contribution is 2.33. The number of aromatic nitrogens is 3. The normalized spacial score (nSPS) is 10.8. The third-order valence-electron chi connectivity index (χ3n) is 5.34. The van der Waals surface area contributed by atoms with Gasteiger partial charge < -0.3 is 10.1 Å². The zero-order chi connectivity index (χ0) is 25.7. The molecule has 1 aromatic heterocycles. The van der Waals surface area contributed by atoms with E-state index in [-0.39, 0.29) is 23.1 Å². The SMILES string of the molecule is COc1cc(NC(=O)CSc2nnc(-c3ccccc3F)n2Cc2ccccc2)c(C)cc1[N+](=O)[O-]. The van der Waals surface area contributed by atoms with E-state index in [0.29, 0.717) is 34.3 Å². The summed E-state index contributed by atoms with van der Waals surface area (Å²) in [5.74, 6) is -0.374. The molecule has 1 N–H and O–H groups in total. The van der Waals surface area contributed by atoms with E-state index in [9.17, 15) is 19.3 Å². The number of ether oxygens (including phenoxy) is 1. The van der Waals surface area contributed by atoms with Gasteiger partial charge in [-0.15, -0.1) is 10.2 Å². The predicted octanol–water partition coefficient (Wildman–Crippen LogP) is 5.09. The Morgan fingerprint density at radius 2 is 1.86 bits per heavy atom. The van der Waals surface area contributed by atoms with Crippen molar-refractivity contribution in [2.24, 2.45) is 0 Å². The summed E-state index contributed by atoms with van der Waals surface area (Å²) in [7, 11) is 1.33. The van der Waals surface area contributed by atoms with Crippen molar-refractivity contribution in [1.82, 2.24) is 14.8 Å². The maximum atomic E-state index is 14.5. The number of rotatable bonds is 9. The highest BCUT2D eigenvalue weighted by atomic mass is 32.2. The number of carbonyl (C=O) groups is 1. The second-order valence-electron chi connectivity index (χ2n) is 7.79. The fraction of sp³-hybridized carbons (Fsp3) is 0.160. The minimum absolute atomic E-state index is 0.0110. The third kappa shape index (κ3) is 5.52. The maximum Gasteiger partial charge on any atom is 0.311 e. The molecule has 4 rings (SSSR count). The summed E-state index contributed by atoms with van der Waals surface area (Å²) in [5.41, 5.74) is 2.02. The highest BCUT2D eigenvalue weighted by molar-refractivity contribution is 7.99. The van der Waals surface area contributed by atoms with E-state index in [1.165, 1.54) is 25.3 Å². The van der Waals surface area contributed by atoms with Crippen molar-refractivity contribution >= 4 is 29.0 Å². The number of nitro groups is 1. The molecule has 36 heavy (non-hydrogen) atoms. The molecule has 3 aromatic carbocycles. The number of nitrogens with zero attached hydrogens (tertiary/aromatic N) is 4. The summed E-state index contributed by atoms with van der Waals surface area (Å²) in [5, 5.41) is 22.8. The maximum absolute atomic E-state index is 14.5. The predicted molar refractivity (Wildman–Crippen MR) is 135 cm³/mol. The topological polar surface area (TPSA) is 112 Å². The smallest absolute Gasteiger partial charge is 0.311 e. The van der Waals surface area contributed by atoms with Gasteiger partial charge in [0.05, 0.1) is 29.9 Å². The molecule has 1 amide bonds. The largest absolute Gasteiger partial charge is 0.490 e. The Kier molecular flexibility index (Phi) is 7.59. The second-order valence-corrected chi connectivity index (χ2v) is 8.73. The van der Waals surface area contributed by atoms with E-state index in [2.05, 4.69) is 15.5 Å². The fourth-order valence-corrected chi connectivity index (χ4v) is 4.31. The molecule has 0 aliphatic heterocycles. The summed E-state index contributed by atoms with van der Waals surface area (Å²) in [4.78, 5) is 23.4. The molecule has 0 spiro atoms. The molecule has 0 aliphatic carbocycles. The molecule has 4 aromatic rings. The molecule has 184 valence electrons. The van der Waals surface area contributed by atoms with E-state index >= 15 is 0 Å². The number of amides is 1. The molecule has 1 heterocycles. The molecule has 0 radical (unpaired) electrons. The van der Waals surface area contributed by atoms with Gasteiger partial charge in [-0.25, -0.2) is 4.39 Å². The van der Waals surface area contributed by atoms with Crippen LogP contribution in [0.3, 0.4) is 0 Å². The lowest BCUT2D eigenvalue weighted by Crippen LogP contribution is -2.16. The van der Waals surface area contributed by atoms with Gasteiger partial charge in [-0.3, -0.25) is 19.5 Å². The first-order chi connectivity index (χ1) is 17.4. The number of anilines is 1. The van der Waals surface area contributed by atoms with Crippen molar-refractivity contribution in [1.29, 1.82) is 0 Å². The summed E-state index contributed by atoms with van der Waals surface area (Å²) in [6.07, 6.45) is 0. The summed E-state index contributed by atoms with van der Waals surface area (Å²) >= 11 is 1.15. The number of hydrogen-bond acceptors (Lipinski definition) is 7. The van der Waals surface area contributed by atoms with Crippen LogP contribution >= 0.6 is 11.8 Å². The number of benzene rings is 3. The Labute approximate surface area is 210 Å². The quantitative estimate of drug-likeness (QED) is 0.191. The average Bonchev–Trinajstić information content (AvgIpc) is 3.26. The van der Waals surface area contributed by atoms with Crippen LogP contribution in [0.5, 0.6) is 5.75 Å². The second kappa shape index (κ2) is 11.0. The Hall–Kier alpha value is -4.25. The summed E-state index contributed by atoms with van der Waals surface area (Å²) in [6, 6.07) is 18.7. The monoisotopic (exact) mass is 507 g/mol. The molecule has 0 saturated carbocycles. The van der Waals surface area contributed by atoms with Crippen molar-refractivity contribution < 1.29 is 18.8 Å². The van der Waals surface area contributed by atoms with Crippen LogP contribution in [0.2, 0.25) is 0 Å². The molecule has 11 heteroatoms. The lowest BCUT2D eigenvalue weighted by molar-refractivity contribution is -0.385. The first kappa shape index (κ1) is 24.9. The van der Waals surface area contributed by atoms with Gasteiger partial charge in [0.1, 0.15) is 5.82 Å². The van der Waals surface area contributed by atoms with Gasteiger partial charge in [0.25, 0.3) is 0 Å². The number of methoxy groups -OCH3 is 1. The van der Waals surface area contributed by atoms with E-state index in [4.69, 9.17) is 4.74 Å². The van der Waals surface area contributed by atoms with Gasteiger partial charge in [-0.05, 0) is 30.2 Å². The van der Waals surface area contributed by atoms with Crippen LogP contribution in [0.1, 0.15) is 11.1 Å². The molecule has 9 nitrogen and oxygen atoms in total. The molecule has 0 aliphatic rings. The van der Waals surface area contributed by atoms with E-state index < -0.39 is 10.7 Å². The first-order valence-corrected chi connectivity index (χ1v) is 11.8. The van der Waals surface area contributed by atoms with E-state index in [0.717, 1.165) is 17.3 Å². The fourth-order valence-electron chi connectivity index (χ4n) is 3.58. The minimum Gasteiger partial charge on any atom is -0.490 e. The van der Waals surface area contributed by atoms with Gasteiger partial charge in [-0.2, -0.15) is 0 Å². The lowest BCUT2D eigenvalue weighted by Gasteiger charge is -2.12. The van der Waals surface area contributed by atoms with Crippen molar-refractivity contribution in [3.8, 4) is 17.1 Å². The number of aryl methyl sites for hydroxylation is 1. The Balaban J connectivity index is 1.56. The van der Waals surface area contributed by atoms with Gasteiger partial charge in [0.2, 0.25) is 5.91 Å². The Morgan fingerprint density at radius 1 is 1.14 bits per heavy atom. The number of thioether (sulfide) groups is 1. The van der Waals surface area contributed by atoms with Crippen molar-refractivity contribution in [2.45, 2.75) is 18.6 Å². The molecular formula is C25H22FN5O4S. The van der Waals surface area contributed by atoms with Crippen LogP contribution in [0.4, 0.5) is 15.8 Å². The standard InChI is InChI=1S/C25H22FN5O4S/c1-16-12-21(31(33)34)22(35-2)13-20(16)27-23(32)15-36-25-29-28-24(18-10-6-7-11-19(18)26)30(25)14-17-8-4-3-5-9-17/h3-13H,14-15H2,1-2H3,(H,27,32). The zero-order valence-electron chi connectivity index (χ0n) is 19.5. The van der Waals surface area contributed by atoms with Crippen molar-refractivity contribution in [2.75, 3.05) is 18.2 Å². The Morgan fingerprint density at radius 3 is 2.56 bits per heavy atom. The zero-order valence-corrected chi connectivity index (χ0v) is 20.3. The van der Waals surface area contributed by atoms with Gasteiger partial charge >= 0.3 is 5.69 Å². The van der Waals surface area contributed by atoms with Crippen LogP contribution in [0.15, 0.2) is 71.9 Å². The lowest BCUT2D eigenvalue weighted by atomic mass is 10.1. The van der Waals surface area contributed by atoms with Gasteiger partial charge in [0, 0.05) is 17.8 Å². The molecule has 0 fully saturated rings. The number of nitro benzene ring substituents is 1. The van der Waals surface area contributed by atoms with Gasteiger partial charge in [0.15, 0.2) is 16.7 Å². The third-order valence-corrected chi connectivity index (χ3v) is 6.31. The van der Waals surface area contributed by atoms with E-state index in [1.54, 1.807) is 29.7 Å². The number of nitrogens with one attached hydrogen (secondary N) is 1. The average molecular weight is 508 g/mol. The van der Waals surface area contributed by atoms with Crippen LogP contribution in [-0.2, 0) is 11.3 Å². The molecule has 0 atom stereocenters. The van der Waals surface area contributed by atoms with Gasteiger partial charge in [-0.1, -0.05) is 54.2 Å². The summed E-state index contributed by atoms with van der Waals surface area (Å²) in [6.45, 7) is 2.05. The Bertz CT molecular complexity index is 1410. The molecule has 0 bridgehead atoms. The van der Waals surface area contributed by atoms with Crippen LogP contribution in [-0.4, -0.2) is 38.5 Å². The van der Waals surface area contributed by atoms with E-state index in [1.807, 2.05) is 30.3 Å². The minimum atomic E-state index is -0.542. The highest BCUT2D eigenvalue weighted by Gasteiger charge is 2.20. The van der Waals surface area contributed by atoms with Crippen LogP contribution in [0.25, 0.3) is 11.4 Å². The number of halogens is 1. The van der Waals surface area contributed by atoms with Crippen LogP contribution < -0.4 is 10.1 Å².